The first-order valence-corrected chi connectivity index (χ1v) is 20.9. The summed E-state index contributed by atoms with van der Waals surface area (Å²) in [5.41, 5.74) is 0. The number of ketones is 2. The number of rotatable bonds is 38. The van der Waals surface area contributed by atoms with Gasteiger partial charge in [-0.1, -0.05) is 207 Å². The van der Waals surface area contributed by atoms with E-state index in [1.807, 2.05) is 0 Å². The Hall–Kier alpha value is -0.740. The molecule has 0 aromatic heterocycles. The predicted octanol–water partition coefficient (Wildman–Crippen LogP) is 12.8. The smallest absolute Gasteiger partial charge is 0.146 e. The second-order valence-corrected chi connectivity index (χ2v) is 14.7. The van der Waals surface area contributed by atoms with Gasteiger partial charge >= 0.3 is 0 Å². The van der Waals surface area contributed by atoms with Crippen LogP contribution < -0.4 is 0 Å². The molecule has 0 amide bonds. The second kappa shape index (κ2) is 35.6. The molecule has 0 bridgehead atoms. The summed E-state index contributed by atoms with van der Waals surface area (Å²) >= 11 is 0. The van der Waals surface area contributed by atoms with E-state index in [1.165, 1.54) is 141 Å². The van der Waals surface area contributed by atoms with Gasteiger partial charge < -0.3 is 10.2 Å². The molecule has 0 radical (unpaired) electrons. The van der Waals surface area contributed by atoms with E-state index >= 15 is 0 Å². The number of aliphatic hydroxyl groups excluding tert-OH is 2. The topological polar surface area (TPSA) is 74.6 Å². The summed E-state index contributed by atoms with van der Waals surface area (Å²) in [5.74, 6) is -1.37. The van der Waals surface area contributed by atoms with E-state index in [-0.39, 0.29) is 11.6 Å². The van der Waals surface area contributed by atoms with Crippen molar-refractivity contribution in [2.45, 2.75) is 251 Å². The molecule has 0 unspecified atom stereocenters. The summed E-state index contributed by atoms with van der Waals surface area (Å²) < 4.78 is 0. The lowest BCUT2D eigenvalue weighted by molar-refractivity contribution is -0.142. The van der Waals surface area contributed by atoms with Gasteiger partial charge in [-0.25, -0.2) is 0 Å². The van der Waals surface area contributed by atoms with Gasteiger partial charge in [-0.05, 0) is 19.3 Å². The number of carbonyl (C=O) groups is 2. The zero-order chi connectivity index (χ0) is 33.9. The van der Waals surface area contributed by atoms with Crippen LogP contribution >= 0.6 is 0 Å². The molecule has 46 heavy (non-hydrogen) atoms. The van der Waals surface area contributed by atoms with Crippen LogP contribution in [-0.2, 0) is 9.59 Å². The van der Waals surface area contributed by atoms with Gasteiger partial charge in [0.15, 0.2) is 0 Å². The second-order valence-electron chi connectivity index (χ2n) is 14.7. The van der Waals surface area contributed by atoms with Gasteiger partial charge in [0.1, 0.15) is 17.5 Å². The van der Waals surface area contributed by atoms with E-state index < -0.39 is 18.1 Å². The zero-order valence-corrected chi connectivity index (χ0v) is 31.5. The molecule has 0 aliphatic rings. The molecule has 0 fully saturated rings. The summed E-state index contributed by atoms with van der Waals surface area (Å²) in [4.78, 5) is 26.4. The van der Waals surface area contributed by atoms with E-state index in [2.05, 4.69) is 20.8 Å². The van der Waals surface area contributed by atoms with Crippen molar-refractivity contribution in [3.63, 3.8) is 0 Å². The van der Waals surface area contributed by atoms with Gasteiger partial charge in [0.2, 0.25) is 0 Å². The third-order valence-corrected chi connectivity index (χ3v) is 10.1. The van der Waals surface area contributed by atoms with Crippen LogP contribution in [0.3, 0.4) is 0 Å². The van der Waals surface area contributed by atoms with E-state index in [4.69, 9.17) is 0 Å². The predicted molar refractivity (Wildman–Crippen MR) is 200 cm³/mol. The van der Waals surface area contributed by atoms with Crippen LogP contribution in [0.25, 0.3) is 0 Å². The van der Waals surface area contributed by atoms with Crippen molar-refractivity contribution in [2.75, 3.05) is 0 Å². The number of hydrogen-bond acceptors (Lipinski definition) is 4. The van der Waals surface area contributed by atoms with E-state index in [0.717, 1.165) is 57.8 Å². The summed E-state index contributed by atoms with van der Waals surface area (Å²) in [7, 11) is 0. The Labute approximate surface area is 288 Å². The summed E-state index contributed by atoms with van der Waals surface area (Å²) in [6, 6.07) is 0. The average molecular weight is 651 g/mol. The molecular formula is C42H82O4. The minimum absolute atomic E-state index is 0.157. The molecule has 0 aromatic rings. The van der Waals surface area contributed by atoms with Crippen LogP contribution in [0.4, 0.5) is 0 Å². The quantitative estimate of drug-likeness (QED) is 0.0515. The van der Waals surface area contributed by atoms with Crippen molar-refractivity contribution in [3.05, 3.63) is 0 Å². The van der Waals surface area contributed by atoms with Crippen molar-refractivity contribution in [1.82, 2.24) is 0 Å². The van der Waals surface area contributed by atoms with Crippen molar-refractivity contribution in [2.24, 2.45) is 5.92 Å². The Morgan fingerprint density at radius 3 is 0.891 bits per heavy atom. The van der Waals surface area contributed by atoms with E-state index in [9.17, 15) is 19.8 Å². The standard InChI is InChI=1S/C42H82O4/c1-4-7-10-13-16-17-18-19-20-21-22-23-24-25-28-31-34-37-40(45)42(46)41(38(43)35-32-29-26-14-11-8-5-2)39(44)36-33-30-27-15-12-9-6-3/h40-42,45-46H,4-37H2,1-3H3/t40-,42-/m1/s1. The highest BCUT2D eigenvalue weighted by molar-refractivity contribution is 6.03. The summed E-state index contributed by atoms with van der Waals surface area (Å²) in [5, 5.41) is 21.9. The minimum Gasteiger partial charge on any atom is -0.390 e. The maximum atomic E-state index is 13.2. The van der Waals surface area contributed by atoms with Crippen LogP contribution in [0.15, 0.2) is 0 Å². The lowest BCUT2D eigenvalue weighted by Gasteiger charge is -2.25. The van der Waals surface area contributed by atoms with E-state index in [1.54, 1.807) is 0 Å². The van der Waals surface area contributed by atoms with Crippen molar-refractivity contribution >= 4 is 11.6 Å². The fraction of sp³-hybridized carbons (Fsp3) is 0.952. The number of Topliss-reactive ketones (excluding diaryl/α,β-unsaturated/α-hetero) is 2. The molecule has 0 aliphatic heterocycles. The van der Waals surface area contributed by atoms with Crippen LogP contribution in [0.2, 0.25) is 0 Å². The van der Waals surface area contributed by atoms with Gasteiger partial charge in [-0.3, -0.25) is 9.59 Å². The molecule has 0 saturated carbocycles. The third kappa shape index (κ3) is 28.3. The molecule has 4 nitrogen and oxygen atoms in total. The maximum Gasteiger partial charge on any atom is 0.146 e. The molecule has 0 spiro atoms. The number of unbranched alkanes of at least 4 members (excludes halogenated alkanes) is 28. The fourth-order valence-electron chi connectivity index (χ4n) is 6.86. The van der Waals surface area contributed by atoms with Gasteiger partial charge in [0, 0.05) is 12.8 Å². The first-order chi connectivity index (χ1) is 22.5. The maximum absolute atomic E-state index is 13.2. The Balaban J connectivity index is 4.28. The molecule has 0 rings (SSSR count). The molecule has 0 aliphatic carbocycles. The van der Waals surface area contributed by atoms with E-state index in [0.29, 0.717) is 19.3 Å². The Morgan fingerprint density at radius 1 is 0.370 bits per heavy atom. The molecule has 2 atom stereocenters. The van der Waals surface area contributed by atoms with Crippen molar-refractivity contribution < 1.29 is 19.8 Å². The zero-order valence-electron chi connectivity index (χ0n) is 31.5. The molecule has 0 saturated heterocycles. The average Bonchev–Trinajstić information content (AvgIpc) is 3.05. The van der Waals surface area contributed by atoms with Gasteiger partial charge in [-0.15, -0.1) is 0 Å². The Bertz CT molecular complexity index is 618. The highest BCUT2D eigenvalue weighted by Gasteiger charge is 2.36. The molecule has 0 heterocycles. The number of aliphatic hydroxyl groups is 2. The first-order valence-electron chi connectivity index (χ1n) is 20.9. The molecule has 0 aromatic carbocycles. The largest absolute Gasteiger partial charge is 0.390 e. The number of carbonyl (C=O) groups excluding carboxylic acids is 2. The summed E-state index contributed by atoms with van der Waals surface area (Å²) in [6.07, 6.45) is 36.7. The monoisotopic (exact) mass is 651 g/mol. The number of hydrogen-bond donors (Lipinski definition) is 2. The minimum atomic E-state index is -1.27. The van der Waals surface area contributed by atoms with Crippen molar-refractivity contribution in [1.29, 1.82) is 0 Å². The van der Waals surface area contributed by atoms with Gasteiger partial charge in [-0.2, -0.15) is 0 Å². The normalized spacial score (nSPS) is 13.0. The SMILES string of the molecule is CCCCCCCCCCCCCCCCCCC[C@@H](O)[C@@H](O)C(C(=O)CCCCCCCCC)C(=O)CCCCCCCCC. The van der Waals surface area contributed by atoms with Crippen LogP contribution in [0, 0.1) is 5.92 Å². The van der Waals surface area contributed by atoms with Crippen LogP contribution in [0.5, 0.6) is 0 Å². The lowest BCUT2D eigenvalue weighted by atomic mass is 9.84. The molecule has 2 N–H and O–H groups in total. The highest BCUT2D eigenvalue weighted by Crippen LogP contribution is 2.22. The Kier molecular flexibility index (Phi) is 35.0. The fourth-order valence-corrected chi connectivity index (χ4v) is 6.86. The summed E-state index contributed by atoms with van der Waals surface area (Å²) in [6.45, 7) is 6.70. The highest BCUT2D eigenvalue weighted by atomic mass is 16.3. The molecule has 4 heteroatoms. The molecule has 274 valence electrons. The lowest BCUT2D eigenvalue weighted by Crippen LogP contribution is -2.42. The van der Waals surface area contributed by atoms with Crippen LogP contribution in [-0.4, -0.2) is 34.0 Å². The molecular weight excluding hydrogens is 568 g/mol. The van der Waals surface area contributed by atoms with Gasteiger partial charge in [0.25, 0.3) is 0 Å². The van der Waals surface area contributed by atoms with Crippen molar-refractivity contribution in [3.8, 4) is 0 Å². The first kappa shape index (κ1) is 45.3. The van der Waals surface area contributed by atoms with Crippen LogP contribution in [0.1, 0.15) is 239 Å². The van der Waals surface area contributed by atoms with Gasteiger partial charge in [0.05, 0.1) is 12.2 Å². The third-order valence-electron chi connectivity index (χ3n) is 10.1. The Morgan fingerprint density at radius 2 is 0.609 bits per heavy atom.